The largest absolute Gasteiger partial charge is 0.366 e. The summed E-state index contributed by atoms with van der Waals surface area (Å²) in [6, 6.07) is 13.0. The van der Waals surface area contributed by atoms with Crippen molar-refractivity contribution in [3.63, 3.8) is 0 Å². The van der Waals surface area contributed by atoms with Gasteiger partial charge in [-0.25, -0.2) is 0 Å². The highest BCUT2D eigenvalue weighted by molar-refractivity contribution is 7.99. The molecule has 0 unspecified atom stereocenters. The molecule has 0 atom stereocenters. The molecule has 4 amide bonds. The normalized spacial score (nSPS) is 12.8. The van der Waals surface area contributed by atoms with Crippen LogP contribution in [0.5, 0.6) is 0 Å². The Morgan fingerprint density at radius 1 is 0.963 bits per heavy atom. The van der Waals surface area contributed by atoms with Crippen LogP contribution in [0.15, 0.2) is 48.5 Å². The molecule has 1 heterocycles. The Balaban J connectivity index is 1.44. The van der Waals surface area contributed by atoms with Crippen LogP contribution in [0, 0.1) is 0 Å². The molecule has 8 heteroatoms. The molecule has 0 aliphatic carbocycles. The van der Waals surface area contributed by atoms with Crippen LogP contribution in [0.3, 0.4) is 0 Å². The topological polar surface area (TPSA) is 110 Å². The quantitative estimate of drug-likeness (QED) is 0.559. The summed E-state index contributed by atoms with van der Waals surface area (Å²) < 4.78 is 0. The van der Waals surface area contributed by atoms with Crippen molar-refractivity contribution in [1.29, 1.82) is 0 Å². The zero-order chi connectivity index (χ0) is 19.4. The summed E-state index contributed by atoms with van der Waals surface area (Å²) in [4.78, 5) is 48.7. The summed E-state index contributed by atoms with van der Waals surface area (Å²) in [7, 11) is 0. The first-order valence-corrected chi connectivity index (χ1v) is 9.35. The van der Waals surface area contributed by atoms with Gasteiger partial charge >= 0.3 is 0 Å². The number of benzene rings is 2. The lowest BCUT2D eigenvalue weighted by molar-refractivity contribution is -0.113. The first-order valence-electron chi connectivity index (χ1n) is 8.20. The number of imide groups is 1. The fraction of sp³-hybridized carbons (Fsp3) is 0.158. The summed E-state index contributed by atoms with van der Waals surface area (Å²) in [6.07, 6.45) is 0. The molecule has 27 heavy (non-hydrogen) atoms. The molecule has 2 aromatic carbocycles. The molecule has 138 valence electrons. The average Bonchev–Trinajstić information content (AvgIpc) is 2.90. The predicted octanol–water partition coefficient (Wildman–Crippen LogP) is 1.75. The Morgan fingerprint density at radius 3 is 2.11 bits per heavy atom. The maximum Gasteiger partial charge on any atom is 0.261 e. The molecule has 0 saturated carbocycles. The third kappa shape index (κ3) is 4.17. The molecule has 0 saturated heterocycles. The van der Waals surface area contributed by atoms with Gasteiger partial charge in [0.25, 0.3) is 11.8 Å². The van der Waals surface area contributed by atoms with E-state index in [9.17, 15) is 19.2 Å². The number of amides is 4. The molecule has 3 N–H and O–H groups in total. The van der Waals surface area contributed by atoms with Gasteiger partial charge in [0.1, 0.15) is 0 Å². The summed E-state index contributed by atoms with van der Waals surface area (Å²) in [6.45, 7) is 0.248. The van der Waals surface area contributed by atoms with Crippen molar-refractivity contribution in [2.75, 3.05) is 23.4 Å². The van der Waals surface area contributed by atoms with Gasteiger partial charge in [0.05, 0.1) is 16.9 Å². The van der Waals surface area contributed by atoms with Crippen LogP contribution in [0.25, 0.3) is 0 Å². The second-order valence-corrected chi connectivity index (χ2v) is 6.96. The molecule has 1 aliphatic rings. The van der Waals surface area contributed by atoms with Gasteiger partial charge in [0.2, 0.25) is 11.8 Å². The van der Waals surface area contributed by atoms with Crippen LogP contribution < -0.4 is 11.1 Å². The van der Waals surface area contributed by atoms with E-state index in [0.717, 1.165) is 0 Å². The number of nitrogens with zero attached hydrogens (tertiary/aromatic N) is 1. The van der Waals surface area contributed by atoms with Gasteiger partial charge in [-0.15, -0.1) is 0 Å². The summed E-state index contributed by atoms with van der Waals surface area (Å²) in [5, 5.41) is 2.71. The Hall–Kier alpha value is -3.13. The maximum absolute atomic E-state index is 12.2. The molecule has 7 nitrogen and oxygen atoms in total. The number of carbonyl (C=O) groups excluding carboxylic acids is 4. The Labute approximate surface area is 159 Å². The van der Waals surface area contributed by atoms with E-state index in [0.29, 0.717) is 28.1 Å². The highest BCUT2D eigenvalue weighted by Gasteiger charge is 2.34. The molecular formula is C19H17N3O4S. The van der Waals surface area contributed by atoms with Crippen molar-refractivity contribution >= 4 is 41.1 Å². The number of hydrogen-bond acceptors (Lipinski definition) is 5. The number of anilines is 1. The lowest BCUT2D eigenvalue weighted by Crippen LogP contribution is -2.32. The number of fused-ring (bicyclic) bond motifs is 1. The van der Waals surface area contributed by atoms with Crippen molar-refractivity contribution in [1.82, 2.24) is 4.90 Å². The number of carbonyl (C=O) groups is 4. The monoisotopic (exact) mass is 383 g/mol. The van der Waals surface area contributed by atoms with Crippen molar-refractivity contribution < 1.29 is 19.2 Å². The van der Waals surface area contributed by atoms with Crippen LogP contribution >= 0.6 is 11.8 Å². The minimum Gasteiger partial charge on any atom is -0.366 e. The Morgan fingerprint density at radius 2 is 1.56 bits per heavy atom. The van der Waals surface area contributed by atoms with Gasteiger partial charge in [0.15, 0.2) is 0 Å². The Bertz CT molecular complexity index is 876. The molecule has 0 aromatic heterocycles. The third-order valence-corrected chi connectivity index (χ3v) is 4.96. The lowest BCUT2D eigenvalue weighted by atomic mass is 10.1. The van der Waals surface area contributed by atoms with E-state index in [4.69, 9.17) is 5.73 Å². The molecular weight excluding hydrogens is 366 g/mol. The summed E-state index contributed by atoms with van der Waals surface area (Å²) in [5.74, 6) is -0.698. The second kappa shape index (κ2) is 8.05. The predicted molar refractivity (Wildman–Crippen MR) is 103 cm³/mol. The highest BCUT2D eigenvalue weighted by atomic mass is 32.2. The van der Waals surface area contributed by atoms with Crippen molar-refractivity contribution in [2.45, 2.75) is 0 Å². The van der Waals surface area contributed by atoms with E-state index in [1.165, 1.54) is 28.8 Å². The zero-order valence-electron chi connectivity index (χ0n) is 14.3. The van der Waals surface area contributed by atoms with Crippen molar-refractivity contribution in [2.24, 2.45) is 5.73 Å². The number of nitrogens with one attached hydrogen (secondary N) is 1. The van der Waals surface area contributed by atoms with Crippen LogP contribution in [0.1, 0.15) is 31.1 Å². The molecule has 0 fully saturated rings. The van der Waals surface area contributed by atoms with E-state index in [-0.39, 0.29) is 30.0 Å². The van der Waals surface area contributed by atoms with E-state index < -0.39 is 5.91 Å². The zero-order valence-corrected chi connectivity index (χ0v) is 15.1. The number of thioether (sulfide) groups is 1. The molecule has 1 aliphatic heterocycles. The van der Waals surface area contributed by atoms with E-state index in [1.807, 2.05) is 0 Å². The number of rotatable bonds is 7. The van der Waals surface area contributed by atoms with Crippen molar-refractivity contribution in [3.8, 4) is 0 Å². The average molecular weight is 383 g/mol. The number of primary amides is 1. The van der Waals surface area contributed by atoms with Crippen LogP contribution in [0.4, 0.5) is 5.69 Å². The van der Waals surface area contributed by atoms with Gasteiger partial charge in [-0.3, -0.25) is 24.1 Å². The minimum absolute atomic E-state index is 0.181. The van der Waals surface area contributed by atoms with Crippen LogP contribution in [0.2, 0.25) is 0 Å². The van der Waals surface area contributed by atoms with E-state index >= 15 is 0 Å². The van der Waals surface area contributed by atoms with E-state index in [1.54, 1.807) is 36.4 Å². The number of hydrogen-bond donors (Lipinski definition) is 2. The lowest BCUT2D eigenvalue weighted by Gasteiger charge is -2.13. The summed E-state index contributed by atoms with van der Waals surface area (Å²) in [5.41, 5.74) is 6.93. The van der Waals surface area contributed by atoms with Gasteiger partial charge in [-0.1, -0.05) is 12.1 Å². The van der Waals surface area contributed by atoms with Gasteiger partial charge in [-0.05, 0) is 36.4 Å². The molecule has 0 spiro atoms. The highest BCUT2D eigenvalue weighted by Crippen LogP contribution is 2.22. The first kappa shape index (κ1) is 18.7. The second-order valence-electron chi connectivity index (χ2n) is 5.85. The fourth-order valence-corrected chi connectivity index (χ4v) is 3.39. The first-order chi connectivity index (χ1) is 13.0. The van der Waals surface area contributed by atoms with Crippen LogP contribution in [-0.2, 0) is 4.79 Å². The molecule has 0 bridgehead atoms. The fourth-order valence-electron chi connectivity index (χ4n) is 2.68. The summed E-state index contributed by atoms with van der Waals surface area (Å²) >= 11 is 1.33. The molecule has 2 aromatic rings. The maximum atomic E-state index is 12.2. The van der Waals surface area contributed by atoms with Gasteiger partial charge in [-0.2, -0.15) is 11.8 Å². The number of nitrogens with two attached hydrogens (primary N) is 1. The van der Waals surface area contributed by atoms with Gasteiger partial charge < -0.3 is 11.1 Å². The molecule has 3 rings (SSSR count). The van der Waals surface area contributed by atoms with E-state index in [2.05, 4.69) is 5.32 Å². The standard InChI is InChI=1S/C19H17N3O4S/c20-17(24)12-5-7-13(8-6-12)21-16(23)11-27-10-9-22-18(25)14-3-1-2-4-15(14)19(22)26/h1-8H,9-11H2,(H2,20,24)(H,21,23). The van der Waals surface area contributed by atoms with Crippen molar-refractivity contribution in [3.05, 3.63) is 65.2 Å². The minimum atomic E-state index is -0.531. The molecule has 0 radical (unpaired) electrons. The third-order valence-electron chi connectivity index (χ3n) is 4.02. The van der Waals surface area contributed by atoms with Crippen LogP contribution in [-0.4, -0.2) is 46.6 Å². The van der Waals surface area contributed by atoms with Gasteiger partial charge in [0, 0.05) is 23.5 Å². The SMILES string of the molecule is NC(=O)c1ccc(NC(=O)CSCCN2C(=O)c3ccccc3C2=O)cc1. The smallest absolute Gasteiger partial charge is 0.261 e. The Kier molecular flexibility index (Phi) is 5.56.